The molecule has 2 rings (SSSR count). The Kier molecular flexibility index (Phi) is 9.45. The lowest BCUT2D eigenvalue weighted by Crippen LogP contribution is -2.27. The van der Waals surface area contributed by atoms with Crippen LogP contribution in [0.1, 0.15) is 22.0 Å². The van der Waals surface area contributed by atoms with Crippen LogP contribution < -0.4 is 9.47 Å². The maximum absolute atomic E-state index is 10.8. The van der Waals surface area contributed by atoms with Gasteiger partial charge < -0.3 is 13.9 Å². The molecule has 0 saturated carbocycles. The van der Waals surface area contributed by atoms with Crippen molar-refractivity contribution in [2.24, 2.45) is 0 Å². The largest absolute Gasteiger partial charge is 0.496 e. The van der Waals surface area contributed by atoms with E-state index in [1.54, 1.807) is 0 Å². The molecule has 2 aromatic carbocycles. The van der Waals surface area contributed by atoms with E-state index in [-0.39, 0.29) is 16.9 Å². The summed E-state index contributed by atoms with van der Waals surface area (Å²) < 4.78 is 15.7. The molecule has 32 heavy (non-hydrogen) atoms. The minimum absolute atomic E-state index is 0.0878. The first kappa shape index (κ1) is 26.2. The van der Waals surface area contributed by atoms with Crippen LogP contribution in [0.4, 0.5) is 11.4 Å². The van der Waals surface area contributed by atoms with Crippen LogP contribution in [-0.4, -0.2) is 38.7 Å². The highest BCUT2D eigenvalue weighted by molar-refractivity contribution is 6.69. The van der Waals surface area contributed by atoms with E-state index in [1.807, 2.05) is 25.7 Å². The number of aldehydes is 1. The number of nitro groups is 2. The van der Waals surface area contributed by atoms with Crippen molar-refractivity contribution in [3.8, 4) is 17.6 Å². The number of non-ortho nitro benzene ring substituents is 2. The number of nitriles is 1. The van der Waals surface area contributed by atoms with Crippen LogP contribution in [0.15, 0.2) is 36.4 Å². The molecule has 11 nitrogen and oxygen atoms in total. The molecule has 12 heteroatoms. The number of nitro benzene ring substituents is 2. The number of carbonyl (C=O) groups excluding carboxylic acids is 1. The van der Waals surface area contributed by atoms with Crippen molar-refractivity contribution in [2.45, 2.75) is 25.7 Å². The van der Waals surface area contributed by atoms with Gasteiger partial charge in [-0.05, 0) is 31.8 Å². The highest BCUT2D eigenvalue weighted by Gasteiger charge is 2.26. The Morgan fingerprint density at radius 2 is 1.47 bits per heavy atom. The Bertz CT molecular complexity index is 1030. The van der Waals surface area contributed by atoms with E-state index in [0.29, 0.717) is 23.3 Å². The number of hydrogen-bond acceptors (Lipinski definition) is 9. The first-order valence-electron chi connectivity index (χ1n) is 9.14. The number of ether oxygens (including phenoxy) is 2. The minimum Gasteiger partial charge on any atom is -0.496 e. The second-order valence-electron chi connectivity index (χ2n) is 7.22. The number of carbonyl (C=O) groups is 1. The highest BCUT2D eigenvalue weighted by atomic mass is 28.4. The Hall–Kier alpha value is -3.82. The number of benzene rings is 2. The van der Waals surface area contributed by atoms with Gasteiger partial charge in [0, 0.05) is 29.8 Å². The predicted molar refractivity (Wildman–Crippen MR) is 117 cm³/mol. The summed E-state index contributed by atoms with van der Waals surface area (Å²) in [4.78, 5) is 30.5. The normalized spacial score (nSPS) is 11.2. The summed E-state index contributed by atoms with van der Waals surface area (Å²) in [5.41, 5.74) is 0.358. The van der Waals surface area contributed by atoms with Gasteiger partial charge in [0.2, 0.25) is 0 Å². The van der Waals surface area contributed by atoms with Gasteiger partial charge in [-0.3, -0.25) is 25.0 Å². The quantitative estimate of drug-likeness (QED) is 0.240. The maximum atomic E-state index is 10.8. The second-order valence-corrected chi connectivity index (χ2v) is 11.7. The van der Waals surface area contributed by atoms with Crippen molar-refractivity contribution >= 4 is 26.0 Å². The summed E-state index contributed by atoms with van der Waals surface area (Å²) >= 11 is 0. The van der Waals surface area contributed by atoms with Gasteiger partial charge in [0.15, 0.2) is 20.7 Å². The summed E-state index contributed by atoms with van der Waals surface area (Å²) in [5, 5.41) is 30.3. The van der Waals surface area contributed by atoms with Gasteiger partial charge in [-0.1, -0.05) is 0 Å². The molecule has 0 fully saturated rings. The zero-order valence-corrected chi connectivity index (χ0v) is 19.2. The standard InChI is InChI=1S/C12H16N2O4Si.C8H7NO4/c1-17-11-6-5-9(14(15)16)7-10(11)12(8-13)18-19(2,3)4;1-13-8-3-2-7(9(11)12)4-6(8)5-10/h5-7,12H,1-4H3;2-5H,1H3. The predicted octanol–water partition coefficient (Wildman–Crippen LogP) is 4.44. The van der Waals surface area contributed by atoms with Crippen LogP contribution in [0.5, 0.6) is 11.5 Å². The lowest BCUT2D eigenvalue weighted by Gasteiger charge is -2.22. The lowest BCUT2D eigenvalue weighted by atomic mass is 10.1. The van der Waals surface area contributed by atoms with Crippen molar-refractivity contribution < 1.29 is 28.5 Å². The fourth-order valence-electron chi connectivity index (χ4n) is 2.48. The summed E-state index contributed by atoms with van der Waals surface area (Å²) in [6.45, 7) is 5.84. The van der Waals surface area contributed by atoms with Crippen molar-refractivity contribution in [1.82, 2.24) is 0 Å². The van der Waals surface area contributed by atoms with Gasteiger partial charge in [-0.15, -0.1) is 0 Å². The van der Waals surface area contributed by atoms with Gasteiger partial charge in [0.25, 0.3) is 11.4 Å². The highest BCUT2D eigenvalue weighted by Crippen LogP contribution is 2.32. The van der Waals surface area contributed by atoms with Gasteiger partial charge in [0.05, 0.1) is 35.7 Å². The van der Waals surface area contributed by atoms with E-state index in [9.17, 15) is 30.3 Å². The Morgan fingerprint density at radius 1 is 0.969 bits per heavy atom. The van der Waals surface area contributed by atoms with Crippen LogP contribution in [0.2, 0.25) is 19.6 Å². The SMILES string of the molecule is COc1ccc([N+](=O)[O-])cc1C(C#N)O[Si](C)(C)C.COc1ccc([N+](=O)[O-])cc1C=O. The van der Waals surface area contributed by atoms with Gasteiger partial charge in [-0.25, -0.2) is 0 Å². The van der Waals surface area contributed by atoms with Crippen LogP contribution in [0, 0.1) is 31.6 Å². The fourth-order valence-corrected chi connectivity index (χ4v) is 3.37. The maximum Gasteiger partial charge on any atom is 0.270 e. The van der Waals surface area contributed by atoms with Crippen molar-refractivity contribution in [3.63, 3.8) is 0 Å². The average Bonchev–Trinajstić information content (AvgIpc) is 2.76. The number of hydrogen-bond donors (Lipinski definition) is 0. The monoisotopic (exact) mass is 461 g/mol. The molecule has 0 saturated heterocycles. The molecule has 0 aliphatic heterocycles. The van der Waals surface area contributed by atoms with Crippen molar-refractivity contribution in [3.05, 3.63) is 67.8 Å². The van der Waals surface area contributed by atoms with E-state index in [1.165, 1.54) is 50.6 Å². The van der Waals surface area contributed by atoms with Crippen LogP contribution in [0.3, 0.4) is 0 Å². The molecule has 0 aromatic heterocycles. The molecule has 0 aliphatic carbocycles. The first-order chi connectivity index (χ1) is 15.0. The van der Waals surface area contributed by atoms with E-state index in [2.05, 4.69) is 0 Å². The summed E-state index contributed by atoms with van der Waals surface area (Å²) in [7, 11) is 0.897. The van der Waals surface area contributed by atoms with Crippen molar-refractivity contribution in [1.29, 1.82) is 5.26 Å². The molecular weight excluding hydrogens is 438 g/mol. The van der Waals surface area contributed by atoms with Crippen LogP contribution in [0.25, 0.3) is 0 Å². The van der Waals surface area contributed by atoms with Gasteiger partial charge >= 0.3 is 0 Å². The molecule has 0 spiro atoms. The zero-order chi connectivity index (χ0) is 24.5. The molecule has 0 heterocycles. The third-order valence-electron chi connectivity index (χ3n) is 3.85. The van der Waals surface area contributed by atoms with Gasteiger partial charge in [-0.2, -0.15) is 5.26 Å². The average molecular weight is 462 g/mol. The fraction of sp³-hybridized carbons (Fsp3) is 0.300. The molecule has 2 aromatic rings. The molecule has 170 valence electrons. The molecule has 0 radical (unpaired) electrons. The lowest BCUT2D eigenvalue weighted by molar-refractivity contribution is -0.385. The summed E-state index contributed by atoms with van der Waals surface area (Å²) in [5.74, 6) is 0.746. The number of methoxy groups -OCH3 is 2. The Labute approximate surface area is 185 Å². The van der Waals surface area contributed by atoms with Crippen LogP contribution >= 0.6 is 0 Å². The number of nitrogens with zero attached hydrogens (tertiary/aromatic N) is 3. The molecule has 0 amide bonds. The molecular formula is C20H23N3O8Si. The summed E-state index contributed by atoms with van der Waals surface area (Å²) in [6.07, 6.45) is -0.340. The third-order valence-corrected chi connectivity index (χ3v) is 4.79. The van der Waals surface area contributed by atoms with E-state index >= 15 is 0 Å². The van der Waals surface area contributed by atoms with E-state index < -0.39 is 24.3 Å². The zero-order valence-electron chi connectivity index (χ0n) is 18.2. The molecule has 1 atom stereocenters. The molecule has 1 unspecified atom stereocenters. The third kappa shape index (κ3) is 7.46. The second kappa shape index (κ2) is 11.5. The number of rotatable bonds is 8. The van der Waals surface area contributed by atoms with E-state index in [0.717, 1.165) is 0 Å². The molecule has 0 aliphatic rings. The Balaban J connectivity index is 0.000000343. The smallest absolute Gasteiger partial charge is 0.270 e. The first-order valence-corrected chi connectivity index (χ1v) is 12.6. The Morgan fingerprint density at radius 3 is 1.88 bits per heavy atom. The molecule has 0 N–H and O–H groups in total. The van der Waals surface area contributed by atoms with Crippen LogP contribution in [-0.2, 0) is 4.43 Å². The summed E-state index contributed by atoms with van der Waals surface area (Å²) in [6, 6.07) is 10.0. The van der Waals surface area contributed by atoms with Crippen molar-refractivity contribution in [2.75, 3.05) is 14.2 Å². The molecule has 0 bridgehead atoms. The topological polar surface area (TPSA) is 155 Å². The van der Waals surface area contributed by atoms with E-state index in [4.69, 9.17) is 13.9 Å². The minimum atomic E-state index is -1.95. The van der Waals surface area contributed by atoms with Gasteiger partial charge in [0.1, 0.15) is 11.5 Å².